The summed E-state index contributed by atoms with van der Waals surface area (Å²) < 4.78 is 18.0. The van der Waals surface area contributed by atoms with E-state index >= 15 is 0 Å². The zero-order chi connectivity index (χ0) is 18.5. The second-order valence-electron chi connectivity index (χ2n) is 5.18. The van der Waals surface area contributed by atoms with E-state index in [1.807, 2.05) is 0 Å². The van der Waals surface area contributed by atoms with E-state index in [4.69, 9.17) is 16.3 Å². The quantitative estimate of drug-likeness (QED) is 0.640. The average Bonchev–Trinajstić information content (AvgIpc) is 2.65. The van der Waals surface area contributed by atoms with E-state index < -0.39 is 11.8 Å². The molecule has 1 heterocycles. The lowest BCUT2D eigenvalue weighted by molar-refractivity contribution is 0.0602. The summed E-state index contributed by atoms with van der Waals surface area (Å²) in [6.45, 7) is 0. The smallest absolute Gasteiger partial charge is 0.339 e. The van der Waals surface area contributed by atoms with Crippen molar-refractivity contribution >= 4 is 40.7 Å². The molecule has 0 saturated carbocycles. The zero-order valence-electron chi connectivity index (χ0n) is 13.7. The van der Waals surface area contributed by atoms with Gasteiger partial charge in [-0.2, -0.15) is 4.98 Å². The maximum atomic E-state index is 13.2. The van der Waals surface area contributed by atoms with Crippen LogP contribution in [0.1, 0.15) is 10.4 Å². The molecular formula is C18H14ClFN4O2. The molecule has 0 atom stereocenters. The Morgan fingerprint density at radius 1 is 1.15 bits per heavy atom. The lowest BCUT2D eigenvalue weighted by atomic mass is 10.2. The van der Waals surface area contributed by atoms with Crippen LogP contribution in [0.5, 0.6) is 0 Å². The van der Waals surface area contributed by atoms with Crippen molar-refractivity contribution in [3.8, 4) is 0 Å². The van der Waals surface area contributed by atoms with Crippen LogP contribution >= 0.6 is 11.6 Å². The van der Waals surface area contributed by atoms with Crippen LogP contribution < -0.4 is 10.6 Å². The van der Waals surface area contributed by atoms with Gasteiger partial charge < -0.3 is 15.4 Å². The lowest BCUT2D eigenvalue weighted by Crippen LogP contribution is -2.06. The van der Waals surface area contributed by atoms with E-state index in [9.17, 15) is 9.18 Å². The first kappa shape index (κ1) is 17.6. The predicted molar refractivity (Wildman–Crippen MR) is 97.8 cm³/mol. The van der Waals surface area contributed by atoms with Crippen LogP contribution in [-0.2, 0) is 4.74 Å². The Kier molecular flexibility index (Phi) is 5.28. The van der Waals surface area contributed by atoms with Gasteiger partial charge in [0.25, 0.3) is 0 Å². The molecule has 3 rings (SSSR count). The number of aromatic nitrogens is 2. The van der Waals surface area contributed by atoms with Crippen molar-refractivity contribution in [1.29, 1.82) is 0 Å². The first-order chi connectivity index (χ1) is 12.6. The number of halogens is 2. The number of benzene rings is 2. The molecule has 1 aromatic heterocycles. The summed E-state index contributed by atoms with van der Waals surface area (Å²) in [5.74, 6) is -0.213. The van der Waals surface area contributed by atoms with E-state index in [1.165, 1.54) is 25.3 Å². The van der Waals surface area contributed by atoms with Crippen molar-refractivity contribution in [2.45, 2.75) is 0 Å². The number of carbonyl (C=O) groups is 1. The Labute approximate surface area is 154 Å². The fourth-order valence-electron chi connectivity index (χ4n) is 2.21. The molecule has 2 aromatic carbocycles. The summed E-state index contributed by atoms with van der Waals surface area (Å²) in [6, 6.07) is 12.8. The molecule has 0 bridgehead atoms. The van der Waals surface area contributed by atoms with Crippen LogP contribution in [-0.4, -0.2) is 23.0 Å². The normalized spacial score (nSPS) is 10.3. The van der Waals surface area contributed by atoms with Crippen LogP contribution in [0.25, 0.3) is 0 Å². The highest BCUT2D eigenvalue weighted by molar-refractivity contribution is 6.31. The molecule has 26 heavy (non-hydrogen) atoms. The third kappa shape index (κ3) is 4.07. The Bertz CT molecular complexity index is 952. The highest BCUT2D eigenvalue weighted by atomic mass is 35.5. The average molecular weight is 373 g/mol. The van der Waals surface area contributed by atoms with E-state index in [1.54, 1.807) is 36.5 Å². The second-order valence-corrected chi connectivity index (χ2v) is 5.59. The Morgan fingerprint density at radius 3 is 2.73 bits per heavy atom. The maximum Gasteiger partial charge on any atom is 0.339 e. The van der Waals surface area contributed by atoms with Gasteiger partial charge in [-0.05, 0) is 36.4 Å². The molecule has 0 aliphatic heterocycles. The number of esters is 1. The molecule has 0 aliphatic carbocycles. The van der Waals surface area contributed by atoms with Gasteiger partial charge in [-0.1, -0.05) is 23.7 Å². The number of hydrogen-bond acceptors (Lipinski definition) is 6. The van der Waals surface area contributed by atoms with Gasteiger partial charge in [0, 0.05) is 11.9 Å². The summed E-state index contributed by atoms with van der Waals surface area (Å²) >= 11 is 5.77. The van der Waals surface area contributed by atoms with Gasteiger partial charge in [-0.25, -0.2) is 14.2 Å². The van der Waals surface area contributed by atoms with Gasteiger partial charge in [-0.15, -0.1) is 0 Å². The molecule has 0 unspecified atom stereocenters. The first-order valence-corrected chi connectivity index (χ1v) is 7.94. The van der Waals surface area contributed by atoms with Crippen molar-refractivity contribution < 1.29 is 13.9 Å². The van der Waals surface area contributed by atoms with Crippen LogP contribution in [0.3, 0.4) is 0 Å². The van der Waals surface area contributed by atoms with Crippen LogP contribution in [0.15, 0.2) is 54.7 Å². The van der Waals surface area contributed by atoms with E-state index in [-0.39, 0.29) is 11.0 Å². The SMILES string of the molecule is COC(=O)c1ccccc1Nc1ccnc(Nc2ccc(F)c(Cl)c2)n1. The Morgan fingerprint density at radius 2 is 1.96 bits per heavy atom. The fourth-order valence-corrected chi connectivity index (χ4v) is 2.39. The number of hydrogen-bond donors (Lipinski definition) is 2. The number of para-hydroxylation sites is 1. The Hall–Kier alpha value is -3.19. The molecule has 0 radical (unpaired) electrons. The molecule has 6 nitrogen and oxygen atoms in total. The summed E-state index contributed by atoms with van der Waals surface area (Å²) in [7, 11) is 1.32. The number of anilines is 4. The summed E-state index contributed by atoms with van der Waals surface area (Å²) in [5.41, 5.74) is 1.48. The van der Waals surface area contributed by atoms with E-state index in [0.717, 1.165) is 0 Å². The minimum Gasteiger partial charge on any atom is -0.465 e. The van der Waals surface area contributed by atoms with Crippen LogP contribution in [0, 0.1) is 5.82 Å². The Balaban J connectivity index is 1.82. The molecule has 0 aliphatic rings. The largest absolute Gasteiger partial charge is 0.465 e. The number of ether oxygens (including phenoxy) is 1. The molecule has 2 N–H and O–H groups in total. The van der Waals surface area contributed by atoms with Crippen molar-refractivity contribution in [3.05, 3.63) is 71.1 Å². The molecule has 8 heteroatoms. The van der Waals surface area contributed by atoms with Gasteiger partial charge >= 0.3 is 5.97 Å². The number of rotatable bonds is 5. The van der Waals surface area contributed by atoms with Crippen molar-refractivity contribution in [2.24, 2.45) is 0 Å². The van der Waals surface area contributed by atoms with Crippen molar-refractivity contribution in [3.63, 3.8) is 0 Å². The van der Waals surface area contributed by atoms with Gasteiger partial charge in [0.2, 0.25) is 5.95 Å². The van der Waals surface area contributed by atoms with Gasteiger partial charge in [0.15, 0.2) is 0 Å². The molecule has 0 saturated heterocycles. The number of carbonyl (C=O) groups excluding carboxylic acids is 1. The molecular weight excluding hydrogens is 359 g/mol. The first-order valence-electron chi connectivity index (χ1n) is 7.56. The zero-order valence-corrected chi connectivity index (χ0v) is 14.4. The number of nitrogens with zero attached hydrogens (tertiary/aromatic N) is 2. The highest BCUT2D eigenvalue weighted by Crippen LogP contribution is 2.23. The molecule has 132 valence electrons. The summed E-state index contributed by atoms with van der Waals surface area (Å²) in [5, 5.41) is 5.99. The second kappa shape index (κ2) is 7.79. The van der Waals surface area contributed by atoms with Crippen molar-refractivity contribution in [1.82, 2.24) is 9.97 Å². The summed E-state index contributed by atoms with van der Waals surface area (Å²) in [4.78, 5) is 20.3. The highest BCUT2D eigenvalue weighted by Gasteiger charge is 2.12. The minimum atomic E-state index is -0.507. The molecule has 0 spiro atoms. The number of methoxy groups -OCH3 is 1. The monoisotopic (exact) mass is 372 g/mol. The third-order valence-corrected chi connectivity index (χ3v) is 3.72. The van der Waals surface area contributed by atoms with Gasteiger partial charge in [0.1, 0.15) is 11.6 Å². The fraction of sp³-hybridized carbons (Fsp3) is 0.0556. The van der Waals surface area contributed by atoms with Gasteiger partial charge in [0.05, 0.1) is 23.4 Å². The standard InChI is InChI=1S/C18H14ClFN4O2/c1-26-17(25)12-4-2-3-5-15(12)23-16-8-9-21-18(24-16)22-11-6-7-14(20)13(19)10-11/h2-10H,1H3,(H2,21,22,23,24). The predicted octanol–water partition coefficient (Wildman–Crippen LogP) is 4.54. The summed E-state index contributed by atoms with van der Waals surface area (Å²) in [6.07, 6.45) is 1.55. The molecule has 3 aromatic rings. The van der Waals surface area contributed by atoms with Crippen molar-refractivity contribution in [2.75, 3.05) is 17.7 Å². The number of nitrogens with one attached hydrogen (secondary N) is 2. The third-order valence-electron chi connectivity index (χ3n) is 3.43. The molecule has 0 fully saturated rings. The van der Waals surface area contributed by atoms with Crippen LogP contribution in [0.2, 0.25) is 5.02 Å². The maximum absolute atomic E-state index is 13.2. The van der Waals surface area contributed by atoms with E-state index in [2.05, 4.69) is 20.6 Å². The van der Waals surface area contributed by atoms with Crippen LogP contribution in [0.4, 0.5) is 27.5 Å². The van der Waals surface area contributed by atoms with E-state index in [0.29, 0.717) is 22.8 Å². The molecule has 0 amide bonds. The lowest BCUT2D eigenvalue weighted by Gasteiger charge is -2.11. The minimum absolute atomic E-state index is 0.00344. The topological polar surface area (TPSA) is 76.1 Å². The van der Waals surface area contributed by atoms with Gasteiger partial charge in [-0.3, -0.25) is 0 Å².